The third-order valence-electron chi connectivity index (χ3n) is 7.33. The lowest BCUT2D eigenvalue weighted by molar-refractivity contribution is -0.127. The summed E-state index contributed by atoms with van der Waals surface area (Å²) in [5, 5.41) is 2.77. The maximum atomic E-state index is 14.1. The van der Waals surface area contributed by atoms with Gasteiger partial charge in [-0.05, 0) is 68.6 Å². The van der Waals surface area contributed by atoms with E-state index in [1.54, 1.807) is 12.1 Å². The fourth-order valence-corrected chi connectivity index (χ4v) is 6.24. The molecule has 3 aliphatic rings. The number of piperidine rings is 1. The molecule has 9 heteroatoms. The van der Waals surface area contributed by atoms with Crippen molar-refractivity contribution in [2.75, 3.05) is 18.9 Å². The number of carbonyl (C=O) groups is 2. The van der Waals surface area contributed by atoms with Crippen LogP contribution in [0.4, 0.5) is 4.39 Å². The minimum atomic E-state index is -3.48. The molecule has 3 fully saturated rings. The van der Waals surface area contributed by atoms with Gasteiger partial charge in [-0.3, -0.25) is 4.79 Å². The number of ether oxygens (including phenoxy) is 1. The van der Waals surface area contributed by atoms with Crippen LogP contribution < -0.4 is 14.8 Å². The van der Waals surface area contributed by atoms with E-state index < -0.39 is 26.8 Å². The fourth-order valence-electron chi connectivity index (χ4n) is 4.64. The third kappa shape index (κ3) is 6.56. The molecule has 1 amide bonds. The van der Waals surface area contributed by atoms with E-state index in [9.17, 15) is 22.4 Å². The first-order valence-electron chi connectivity index (χ1n) is 12.4. The largest absolute Gasteiger partial charge is 0.490 e. The van der Waals surface area contributed by atoms with E-state index in [4.69, 9.17) is 4.74 Å². The first-order valence-corrected chi connectivity index (χ1v) is 14.1. The van der Waals surface area contributed by atoms with Crippen LogP contribution in [-0.2, 0) is 25.2 Å². The SMILES string of the molecule is O=CC1(CCCCCCS(=O)(=O)NC2(c3ccc(F)c(OCC4CC4)c3)CC2)CCC(=O)NC1. The minimum Gasteiger partial charge on any atom is -0.490 e. The number of halogens is 1. The monoisotopic (exact) mass is 494 g/mol. The summed E-state index contributed by atoms with van der Waals surface area (Å²) in [5.41, 5.74) is -0.385. The number of sulfonamides is 1. The Balaban J connectivity index is 1.21. The van der Waals surface area contributed by atoms with E-state index in [0.29, 0.717) is 57.6 Å². The predicted octanol–water partition coefficient (Wildman–Crippen LogP) is 3.57. The molecule has 4 rings (SSSR count). The molecule has 2 aliphatic carbocycles. The van der Waals surface area contributed by atoms with Crippen molar-refractivity contribution in [1.82, 2.24) is 10.0 Å². The zero-order valence-electron chi connectivity index (χ0n) is 19.6. The van der Waals surface area contributed by atoms with Gasteiger partial charge < -0.3 is 14.8 Å². The number of benzene rings is 1. The minimum absolute atomic E-state index is 0.00809. The van der Waals surface area contributed by atoms with Gasteiger partial charge in [0, 0.05) is 18.4 Å². The van der Waals surface area contributed by atoms with Crippen LogP contribution in [0.2, 0.25) is 0 Å². The molecule has 0 aromatic heterocycles. The van der Waals surface area contributed by atoms with Crippen LogP contribution in [0.3, 0.4) is 0 Å². The molecule has 0 radical (unpaired) electrons. The van der Waals surface area contributed by atoms with Crippen molar-refractivity contribution in [3.05, 3.63) is 29.6 Å². The highest BCUT2D eigenvalue weighted by Gasteiger charge is 2.47. The number of hydrogen-bond donors (Lipinski definition) is 2. The van der Waals surface area contributed by atoms with Crippen LogP contribution >= 0.6 is 0 Å². The zero-order chi connectivity index (χ0) is 24.2. The molecule has 2 N–H and O–H groups in total. The second kappa shape index (κ2) is 10.3. The van der Waals surface area contributed by atoms with Crippen LogP contribution in [0.15, 0.2) is 18.2 Å². The Labute approximate surface area is 201 Å². The van der Waals surface area contributed by atoms with Crippen molar-refractivity contribution in [1.29, 1.82) is 0 Å². The van der Waals surface area contributed by atoms with Gasteiger partial charge in [-0.15, -0.1) is 0 Å². The van der Waals surface area contributed by atoms with Crippen molar-refractivity contribution in [2.24, 2.45) is 11.3 Å². The van der Waals surface area contributed by atoms with Gasteiger partial charge in [0.1, 0.15) is 6.29 Å². The Morgan fingerprint density at radius 2 is 1.91 bits per heavy atom. The Kier molecular flexibility index (Phi) is 7.62. The quantitative estimate of drug-likeness (QED) is 0.304. The van der Waals surface area contributed by atoms with Crippen molar-refractivity contribution in [2.45, 2.75) is 76.2 Å². The Bertz CT molecular complexity index is 995. The Morgan fingerprint density at radius 1 is 1.15 bits per heavy atom. The fraction of sp³-hybridized carbons (Fsp3) is 0.680. The lowest BCUT2D eigenvalue weighted by atomic mass is 9.77. The predicted molar refractivity (Wildman–Crippen MR) is 126 cm³/mol. The van der Waals surface area contributed by atoms with Gasteiger partial charge >= 0.3 is 0 Å². The number of carbonyl (C=O) groups excluding carboxylic acids is 2. The normalized spacial score (nSPS) is 23.9. The van der Waals surface area contributed by atoms with Gasteiger partial charge in [0.25, 0.3) is 0 Å². The summed E-state index contributed by atoms with van der Waals surface area (Å²) < 4.78 is 48.1. The topological polar surface area (TPSA) is 102 Å². The molecule has 0 bridgehead atoms. The van der Waals surface area contributed by atoms with Crippen LogP contribution in [0.1, 0.15) is 76.2 Å². The molecule has 7 nitrogen and oxygen atoms in total. The highest BCUT2D eigenvalue weighted by atomic mass is 32.2. The Morgan fingerprint density at radius 3 is 2.56 bits per heavy atom. The van der Waals surface area contributed by atoms with E-state index in [1.165, 1.54) is 6.07 Å². The summed E-state index contributed by atoms with van der Waals surface area (Å²) in [4.78, 5) is 22.9. The summed E-state index contributed by atoms with van der Waals surface area (Å²) in [6.07, 6.45) is 9.19. The maximum Gasteiger partial charge on any atom is 0.220 e. The van der Waals surface area contributed by atoms with Gasteiger partial charge in [-0.2, -0.15) is 0 Å². The number of rotatable bonds is 14. The highest BCUT2D eigenvalue weighted by Crippen LogP contribution is 2.47. The van der Waals surface area contributed by atoms with Gasteiger partial charge in [-0.25, -0.2) is 17.5 Å². The average molecular weight is 495 g/mol. The van der Waals surface area contributed by atoms with E-state index >= 15 is 0 Å². The summed E-state index contributed by atoms with van der Waals surface area (Å²) in [7, 11) is -3.48. The number of unbranched alkanes of at least 4 members (excludes halogenated alkanes) is 3. The Hall–Kier alpha value is -2.00. The van der Waals surface area contributed by atoms with Crippen molar-refractivity contribution >= 4 is 22.2 Å². The smallest absolute Gasteiger partial charge is 0.220 e. The average Bonchev–Trinajstić information content (AvgIpc) is 3.74. The molecule has 1 aliphatic heterocycles. The highest BCUT2D eigenvalue weighted by molar-refractivity contribution is 7.89. The summed E-state index contributed by atoms with van der Waals surface area (Å²) in [6, 6.07) is 4.64. The standard InChI is InChI=1S/C25H35FN2O5S/c26-21-8-7-20(15-22(21)33-16-19-5-6-19)25(12-13-25)28-34(31,32)14-4-2-1-3-10-24(18-29)11-9-23(30)27-17-24/h7-8,15,18-19,28H,1-6,9-14,16-17H2,(H,27,30). The molecular formula is C25H35FN2O5S. The first kappa shape index (κ1) is 25.1. The molecule has 1 aromatic rings. The number of hydrogen-bond acceptors (Lipinski definition) is 5. The second-order valence-corrected chi connectivity index (χ2v) is 12.2. The lowest BCUT2D eigenvalue weighted by Gasteiger charge is -2.32. The van der Waals surface area contributed by atoms with Gasteiger partial charge in [0.2, 0.25) is 15.9 Å². The number of nitrogens with one attached hydrogen (secondary N) is 2. The van der Waals surface area contributed by atoms with Crippen LogP contribution in [-0.4, -0.2) is 39.5 Å². The van der Waals surface area contributed by atoms with E-state index in [-0.39, 0.29) is 17.4 Å². The second-order valence-electron chi connectivity index (χ2n) is 10.3. The van der Waals surface area contributed by atoms with E-state index in [0.717, 1.165) is 44.0 Å². The van der Waals surface area contributed by atoms with Crippen LogP contribution in [0, 0.1) is 17.2 Å². The zero-order valence-corrected chi connectivity index (χ0v) is 20.4. The van der Waals surface area contributed by atoms with Gasteiger partial charge in [0.05, 0.1) is 17.9 Å². The summed E-state index contributed by atoms with van der Waals surface area (Å²) in [6.45, 7) is 0.897. The number of aldehydes is 1. The third-order valence-corrected chi connectivity index (χ3v) is 8.86. The van der Waals surface area contributed by atoms with E-state index in [2.05, 4.69) is 10.0 Å². The molecule has 2 saturated carbocycles. The van der Waals surface area contributed by atoms with Crippen molar-refractivity contribution in [3.8, 4) is 5.75 Å². The van der Waals surface area contributed by atoms with Gasteiger partial charge in [0.15, 0.2) is 11.6 Å². The molecule has 0 spiro atoms. The molecule has 1 unspecified atom stereocenters. The molecule has 1 atom stereocenters. The molecule has 1 aromatic carbocycles. The van der Waals surface area contributed by atoms with Gasteiger partial charge in [-0.1, -0.05) is 25.3 Å². The number of amides is 1. The molecule has 1 saturated heterocycles. The summed E-state index contributed by atoms with van der Waals surface area (Å²) >= 11 is 0. The molecular weight excluding hydrogens is 459 g/mol. The van der Waals surface area contributed by atoms with E-state index in [1.807, 2.05) is 0 Å². The molecule has 1 heterocycles. The lowest BCUT2D eigenvalue weighted by Crippen LogP contribution is -2.44. The van der Waals surface area contributed by atoms with Crippen LogP contribution in [0.25, 0.3) is 0 Å². The first-order chi connectivity index (χ1) is 16.2. The van der Waals surface area contributed by atoms with Crippen LogP contribution in [0.5, 0.6) is 5.75 Å². The van der Waals surface area contributed by atoms with Crippen molar-refractivity contribution < 1.29 is 27.1 Å². The maximum absolute atomic E-state index is 14.1. The molecule has 34 heavy (non-hydrogen) atoms. The summed E-state index contributed by atoms with van der Waals surface area (Å²) in [5.74, 6) is 0.307. The van der Waals surface area contributed by atoms with Crippen molar-refractivity contribution in [3.63, 3.8) is 0 Å². The molecule has 188 valence electrons.